The van der Waals surface area contributed by atoms with Crippen LogP contribution in [0.2, 0.25) is 0 Å². The molecule has 4 heteroatoms. The Morgan fingerprint density at radius 3 is 2.69 bits per heavy atom. The summed E-state index contributed by atoms with van der Waals surface area (Å²) in [5.41, 5.74) is -1.03. The number of hydrogen-bond donors (Lipinski definition) is 0. The summed E-state index contributed by atoms with van der Waals surface area (Å²) in [6, 6.07) is 2.91. The summed E-state index contributed by atoms with van der Waals surface area (Å²) in [5, 5.41) is 0.512. The van der Waals surface area contributed by atoms with Gasteiger partial charge in [0.25, 0.3) is 0 Å². The summed E-state index contributed by atoms with van der Waals surface area (Å²) in [6.45, 7) is 1.60. The van der Waals surface area contributed by atoms with Gasteiger partial charge in [-0.3, -0.25) is 0 Å². The molecule has 0 fully saturated rings. The maximum atomic E-state index is 11.2. The van der Waals surface area contributed by atoms with Crippen LogP contribution in [-0.4, -0.2) is 0 Å². The zero-order chi connectivity index (χ0) is 9.42. The van der Waals surface area contributed by atoms with Gasteiger partial charge in [-0.25, -0.2) is 9.59 Å². The van der Waals surface area contributed by atoms with Crippen LogP contribution in [0.5, 0.6) is 0 Å². The fourth-order valence-electron chi connectivity index (χ4n) is 1.18. The normalized spacial score (nSPS) is 10.5. The number of rotatable bonds is 0. The number of hydrogen-bond acceptors (Lipinski definition) is 4. The number of aryl methyl sites for hydroxylation is 1. The van der Waals surface area contributed by atoms with Crippen LogP contribution >= 0.6 is 0 Å². The van der Waals surface area contributed by atoms with Gasteiger partial charge in [-0.05, 0) is 19.1 Å². The van der Waals surface area contributed by atoms with E-state index in [0.717, 1.165) is 0 Å². The van der Waals surface area contributed by atoms with E-state index in [9.17, 15) is 9.59 Å². The Balaban J connectivity index is 3.12. The maximum absolute atomic E-state index is 11.2. The summed E-state index contributed by atoms with van der Waals surface area (Å²) >= 11 is 0. The summed E-state index contributed by atoms with van der Waals surface area (Å²) in [4.78, 5) is 22.3. The summed E-state index contributed by atoms with van der Waals surface area (Å²) in [5.74, 6) is 0.399. The summed E-state index contributed by atoms with van der Waals surface area (Å²) in [7, 11) is 0. The maximum Gasteiger partial charge on any atom is 0.344 e. The van der Waals surface area contributed by atoms with Crippen molar-refractivity contribution >= 4 is 10.8 Å². The first-order chi connectivity index (χ1) is 6.18. The van der Waals surface area contributed by atoms with Gasteiger partial charge in [0, 0.05) is 0 Å². The third-order valence-electron chi connectivity index (χ3n) is 1.74. The first-order valence-electron chi connectivity index (χ1n) is 3.71. The first kappa shape index (κ1) is 7.79. The van der Waals surface area contributed by atoms with E-state index in [-0.39, 0.29) is 10.8 Å². The molecule has 0 radical (unpaired) electrons. The second kappa shape index (κ2) is 2.58. The van der Waals surface area contributed by atoms with Gasteiger partial charge in [0.1, 0.15) is 5.76 Å². The molecule has 4 nitrogen and oxygen atoms in total. The molecule has 2 aromatic rings. The van der Waals surface area contributed by atoms with Crippen LogP contribution in [0.1, 0.15) is 5.76 Å². The first-order valence-corrected chi connectivity index (χ1v) is 3.71. The van der Waals surface area contributed by atoms with E-state index in [1.807, 2.05) is 0 Å². The molecule has 2 heterocycles. The lowest BCUT2D eigenvalue weighted by Crippen LogP contribution is -2.07. The van der Waals surface area contributed by atoms with E-state index in [4.69, 9.17) is 4.42 Å². The van der Waals surface area contributed by atoms with Crippen LogP contribution in [0.15, 0.2) is 36.8 Å². The van der Waals surface area contributed by atoms with Gasteiger partial charge >= 0.3 is 11.3 Å². The standard InChI is InChI=1S/C9H6O4/c1-5-4-7-6(9(11)13-5)2-3-12-8(7)10/h2-4H,1H3. The minimum absolute atomic E-state index is 0.252. The molecule has 0 unspecified atom stereocenters. The van der Waals surface area contributed by atoms with Crippen LogP contribution in [0.4, 0.5) is 0 Å². The van der Waals surface area contributed by atoms with Crippen LogP contribution in [0, 0.1) is 6.92 Å². The van der Waals surface area contributed by atoms with Crippen molar-refractivity contribution in [3.05, 3.63) is 45.0 Å². The van der Waals surface area contributed by atoms with E-state index < -0.39 is 11.3 Å². The molecule has 0 amide bonds. The quantitative estimate of drug-likeness (QED) is 0.605. The van der Waals surface area contributed by atoms with Gasteiger partial charge in [0.2, 0.25) is 0 Å². The lowest BCUT2D eigenvalue weighted by atomic mass is 10.2. The van der Waals surface area contributed by atoms with Crippen LogP contribution in [0.3, 0.4) is 0 Å². The van der Waals surface area contributed by atoms with Crippen molar-refractivity contribution in [3.63, 3.8) is 0 Å². The van der Waals surface area contributed by atoms with Crippen molar-refractivity contribution < 1.29 is 8.83 Å². The van der Waals surface area contributed by atoms with Crippen molar-refractivity contribution in [1.82, 2.24) is 0 Å². The van der Waals surface area contributed by atoms with Crippen molar-refractivity contribution in [2.75, 3.05) is 0 Å². The van der Waals surface area contributed by atoms with Crippen molar-refractivity contribution in [1.29, 1.82) is 0 Å². The van der Waals surface area contributed by atoms with Gasteiger partial charge in [-0.1, -0.05) is 0 Å². The van der Waals surface area contributed by atoms with Gasteiger partial charge < -0.3 is 8.83 Å². The molecule has 2 aromatic heterocycles. The highest BCUT2D eigenvalue weighted by atomic mass is 16.4. The van der Waals surface area contributed by atoms with Crippen molar-refractivity contribution in [2.24, 2.45) is 0 Å². The fraction of sp³-hybridized carbons (Fsp3) is 0.111. The molecule has 13 heavy (non-hydrogen) atoms. The minimum atomic E-state index is -0.520. The molecule has 0 aromatic carbocycles. The predicted molar refractivity (Wildman–Crippen MR) is 45.8 cm³/mol. The molecular weight excluding hydrogens is 172 g/mol. The Kier molecular flexibility index (Phi) is 1.55. The average molecular weight is 178 g/mol. The third-order valence-corrected chi connectivity index (χ3v) is 1.74. The average Bonchev–Trinajstić information content (AvgIpc) is 2.07. The molecule has 0 aliphatic carbocycles. The molecule has 0 saturated carbocycles. The fourth-order valence-corrected chi connectivity index (χ4v) is 1.18. The van der Waals surface area contributed by atoms with E-state index >= 15 is 0 Å². The molecule has 0 aliphatic rings. The predicted octanol–water partition coefficient (Wildman–Crippen LogP) is 1.05. The van der Waals surface area contributed by atoms with E-state index in [0.29, 0.717) is 5.76 Å². The van der Waals surface area contributed by atoms with Gasteiger partial charge in [-0.2, -0.15) is 0 Å². The second-order valence-corrected chi connectivity index (χ2v) is 2.68. The lowest BCUT2D eigenvalue weighted by Gasteiger charge is -1.94. The van der Waals surface area contributed by atoms with E-state index in [2.05, 4.69) is 4.42 Å². The molecule has 0 aliphatic heterocycles. The molecule has 2 rings (SSSR count). The van der Waals surface area contributed by atoms with Gasteiger partial charge in [0.05, 0.1) is 17.0 Å². The highest BCUT2D eigenvalue weighted by molar-refractivity contribution is 5.79. The topological polar surface area (TPSA) is 60.4 Å². The highest BCUT2D eigenvalue weighted by Crippen LogP contribution is 2.05. The Morgan fingerprint density at radius 2 is 1.92 bits per heavy atom. The largest absolute Gasteiger partial charge is 0.431 e. The van der Waals surface area contributed by atoms with Crippen molar-refractivity contribution in [2.45, 2.75) is 6.92 Å². The van der Waals surface area contributed by atoms with E-state index in [1.165, 1.54) is 18.4 Å². The zero-order valence-electron chi connectivity index (χ0n) is 6.87. The smallest absolute Gasteiger partial charge is 0.344 e. The molecular formula is C9H6O4. The van der Waals surface area contributed by atoms with Crippen LogP contribution < -0.4 is 11.3 Å². The monoisotopic (exact) mass is 178 g/mol. The molecule has 0 N–H and O–H groups in total. The second-order valence-electron chi connectivity index (χ2n) is 2.68. The third kappa shape index (κ3) is 1.16. The van der Waals surface area contributed by atoms with E-state index in [1.54, 1.807) is 6.92 Å². The highest BCUT2D eigenvalue weighted by Gasteiger charge is 2.05. The Bertz CT molecular complexity index is 562. The number of fused-ring (bicyclic) bond motifs is 1. The lowest BCUT2D eigenvalue weighted by molar-refractivity contribution is 0.482. The molecule has 0 spiro atoms. The Hall–Kier alpha value is -1.84. The Morgan fingerprint density at radius 1 is 1.15 bits per heavy atom. The van der Waals surface area contributed by atoms with Crippen molar-refractivity contribution in [3.8, 4) is 0 Å². The van der Waals surface area contributed by atoms with Gasteiger partial charge in [-0.15, -0.1) is 0 Å². The molecule has 0 bridgehead atoms. The van der Waals surface area contributed by atoms with Crippen LogP contribution in [-0.2, 0) is 0 Å². The minimum Gasteiger partial charge on any atom is -0.431 e. The van der Waals surface area contributed by atoms with Gasteiger partial charge in [0.15, 0.2) is 0 Å². The molecule has 0 saturated heterocycles. The summed E-state index contributed by atoms with van der Waals surface area (Å²) in [6.07, 6.45) is 1.18. The zero-order valence-corrected chi connectivity index (χ0v) is 6.87. The SMILES string of the molecule is Cc1cc2c(=O)occc2c(=O)o1. The van der Waals surface area contributed by atoms with Crippen LogP contribution in [0.25, 0.3) is 10.8 Å². The Labute approximate surface area is 72.4 Å². The summed E-state index contributed by atoms with van der Waals surface area (Å²) < 4.78 is 9.42. The molecule has 66 valence electrons. The molecule has 0 atom stereocenters.